The Bertz CT molecular complexity index is 284. The third-order valence-electron chi connectivity index (χ3n) is 2.62. The molecule has 0 bridgehead atoms. The van der Waals surface area contributed by atoms with Crippen LogP contribution in [-0.4, -0.2) is 18.8 Å². The minimum absolute atomic E-state index is 0.351. The number of benzene rings is 1. The van der Waals surface area contributed by atoms with Crippen LogP contribution in [0.4, 0.5) is 0 Å². The van der Waals surface area contributed by atoms with Gasteiger partial charge in [-0.25, -0.2) is 0 Å². The van der Waals surface area contributed by atoms with Gasteiger partial charge in [0.2, 0.25) is 0 Å². The fourth-order valence-corrected chi connectivity index (χ4v) is 1.76. The Kier molecular flexibility index (Phi) is 5.37. The standard InChI is InChI=1S/C13H20O2/c1-3-11-7-4-5-8-12(11)13(14)9-6-10-15-2/h4-5,7-8,13-14H,3,6,9-10H2,1-2H3. The predicted octanol–water partition coefficient (Wildman–Crippen LogP) is 2.71. The lowest BCUT2D eigenvalue weighted by Gasteiger charge is -2.14. The molecule has 1 rings (SSSR count). The SMILES string of the molecule is CCc1ccccc1C(O)CCCOC. The lowest BCUT2D eigenvalue weighted by Crippen LogP contribution is -2.03. The van der Waals surface area contributed by atoms with Crippen molar-refractivity contribution in [2.75, 3.05) is 13.7 Å². The topological polar surface area (TPSA) is 29.5 Å². The van der Waals surface area contributed by atoms with Crippen LogP contribution in [0.15, 0.2) is 24.3 Å². The normalized spacial score (nSPS) is 12.7. The number of aliphatic hydroxyl groups excluding tert-OH is 1. The van der Waals surface area contributed by atoms with Crippen LogP contribution in [0.2, 0.25) is 0 Å². The first-order valence-corrected chi connectivity index (χ1v) is 5.54. The molecular formula is C13H20O2. The van der Waals surface area contributed by atoms with Gasteiger partial charge >= 0.3 is 0 Å². The fraction of sp³-hybridized carbons (Fsp3) is 0.538. The molecule has 84 valence electrons. The highest BCUT2D eigenvalue weighted by Gasteiger charge is 2.10. The van der Waals surface area contributed by atoms with Crippen LogP contribution in [0.1, 0.15) is 37.0 Å². The summed E-state index contributed by atoms with van der Waals surface area (Å²) in [7, 11) is 1.69. The molecular weight excluding hydrogens is 188 g/mol. The molecule has 1 aromatic carbocycles. The lowest BCUT2D eigenvalue weighted by molar-refractivity contribution is 0.135. The van der Waals surface area contributed by atoms with Gasteiger partial charge in [-0.05, 0) is 30.4 Å². The molecule has 0 saturated carbocycles. The van der Waals surface area contributed by atoms with E-state index in [1.54, 1.807) is 7.11 Å². The lowest BCUT2D eigenvalue weighted by atomic mass is 9.98. The molecule has 2 heteroatoms. The van der Waals surface area contributed by atoms with Gasteiger partial charge in [-0.3, -0.25) is 0 Å². The second kappa shape index (κ2) is 6.59. The van der Waals surface area contributed by atoms with E-state index in [-0.39, 0.29) is 6.10 Å². The second-order valence-electron chi connectivity index (χ2n) is 3.70. The minimum atomic E-state index is -0.351. The molecule has 1 N–H and O–H groups in total. The maximum Gasteiger partial charge on any atom is 0.0793 e. The monoisotopic (exact) mass is 208 g/mol. The highest BCUT2D eigenvalue weighted by molar-refractivity contribution is 5.28. The van der Waals surface area contributed by atoms with Crippen molar-refractivity contribution in [2.24, 2.45) is 0 Å². The Labute approximate surface area is 91.9 Å². The Hall–Kier alpha value is -0.860. The predicted molar refractivity (Wildman–Crippen MR) is 61.9 cm³/mol. The number of aryl methyl sites for hydroxylation is 1. The number of methoxy groups -OCH3 is 1. The quantitative estimate of drug-likeness (QED) is 0.728. The van der Waals surface area contributed by atoms with E-state index in [4.69, 9.17) is 4.74 Å². The van der Waals surface area contributed by atoms with E-state index in [1.165, 1.54) is 5.56 Å². The van der Waals surface area contributed by atoms with Gasteiger partial charge in [0.25, 0.3) is 0 Å². The molecule has 0 saturated heterocycles. The summed E-state index contributed by atoms with van der Waals surface area (Å²) in [4.78, 5) is 0. The molecule has 0 aliphatic rings. The minimum Gasteiger partial charge on any atom is -0.388 e. The van der Waals surface area contributed by atoms with E-state index >= 15 is 0 Å². The summed E-state index contributed by atoms with van der Waals surface area (Å²) in [5.74, 6) is 0. The number of aliphatic hydroxyl groups is 1. The summed E-state index contributed by atoms with van der Waals surface area (Å²) in [6.07, 6.45) is 2.29. The summed E-state index contributed by atoms with van der Waals surface area (Å²) >= 11 is 0. The van der Waals surface area contributed by atoms with Gasteiger partial charge < -0.3 is 9.84 Å². The van der Waals surface area contributed by atoms with Crippen molar-refractivity contribution < 1.29 is 9.84 Å². The number of hydrogen-bond acceptors (Lipinski definition) is 2. The van der Waals surface area contributed by atoms with Gasteiger partial charge in [0.15, 0.2) is 0 Å². The van der Waals surface area contributed by atoms with E-state index in [0.29, 0.717) is 6.61 Å². The van der Waals surface area contributed by atoms with Crippen LogP contribution < -0.4 is 0 Å². The summed E-state index contributed by atoms with van der Waals surface area (Å²) in [6, 6.07) is 8.09. The number of ether oxygens (including phenoxy) is 1. The molecule has 0 aliphatic heterocycles. The number of hydrogen-bond donors (Lipinski definition) is 1. The largest absolute Gasteiger partial charge is 0.388 e. The number of rotatable bonds is 6. The Morgan fingerprint density at radius 1 is 1.33 bits per heavy atom. The molecule has 0 heterocycles. The van der Waals surface area contributed by atoms with E-state index in [9.17, 15) is 5.11 Å². The summed E-state index contributed by atoms with van der Waals surface area (Å²) < 4.78 is 4.97. The molecule has 0 fully saturated rings. The van der Waals surface area contributed by atoms with Crippen molar-refractivity contribution in [3.05, 3.63) is 35.4 Å². The van der Waals surface area contributed by atoms with Crippen LogP contribution in [0.25, 0.3) is 0 Å². The first-order valence-electron chi connectivity index (χ1n) is 5.54. The van der Waals surface area contributed by atoms with Crippen molar-refractivity contribution >= 4 is 0 Å². The van der Waals surface area contributed by atoms with Gasteiger partial charge in [0.05, 0.1) is 6.10 Å². The molecule has 1 atom stereocenters. The third-order valence-corrected chi connectivity index (χ3v) is 2.62. The van der Waals surface area contributed by atoms with Crippen molar-refractivity contribution in [1.82, 2.24) is 0 Å². The average Bonchev–Trinajstić information content (AvgIpc) is 2.29. The maximum atomic E-state index is 10.0. The van der Waals surface area contributed by atoms with Gasteiger partial charge in [-0.1, -0.05) is 31.2 Å². The first kappa shape index (κ1) is 12.2. The zero-order valence-electron chi connectivity index (χ0n) is 9.57. The van der Waals surface area contributed by atoms with Gasteiger partial charge in [-0.2, -0.15) is 0 Å². The van der Waals surface area contributed by atoms with Crippen LogP contribution in [-0.2, 0) is 11.2 Å². The Balaban J connectivity index is 2.59. The molecule has 1 unspecified atom stereocenters. The Morgan fingerprint density at radius 2 is 2.07 bits per heavy atom. The molecule has 0 amide bonds. The van der Waals surface area contributed by atoms with Crippen LogP contribution in [0.5, 0.6) is 0 Å². The first-order chi connectivity index (χ1) is 7.29. The second-order valence-corrected chi connectivity index (χ2v) is 3.70. The summed E-state index contributed by atoms with van der Waals surface area (Å²) in [5, 5.41) is 10.0. The highest BCUT2D eigenvalue weighted by Crippen LogP contribution is 2.22. The third kappa shape index (κ3) is 3.65. The van der Waals surface area contributed by atoms with E-state index in [0.717, 1.165) is 24.8 Å². The molecule has 0 aliphatic carbocycles. The van der Waals surface area contributed by atoms with Crippen LogP contribution >= 0.6 is 0 Å². The maximum absolute atomic E-state index is 10.0. The highest BCUT2D eigenvalue weighted by atomic mass is 16.5. The fourth-order valence-electron chi connectivity index (χ4n) is 1.76. The van der Waals surface area contributed by atoms with E-state index < -0.39 is 0 Å². The average molecular weight is 208 g/mol. The van der Waals surface area contributed by atoms with Crippen molar-refractivity contribution in [2.45, 2.75) is 32.3 Å². The van der Waals surface area contributed by atoms with E-state index in [2.05, 4.69) is 13.0 Å². The summed E-state index contributed by atoms with van der Waals surface area (Å²) in [5.41, 5.74) is 2.30. The van der Waals surface area contributed by atoms with Crippen molar-refractivity contribution in [3.63, 3.8) is 0 Å². The molecule has 1 aromatic rings. The molecule has 0 spiro atoms. The molecule has 2 nitrogen and oxygen atoms in total. The van der Waals surface area contributed by atoms with Gasteiger partial charge in [-0.15, -0.1) is 0 Å². The zero-order valence-corrected chi connectivity index (χ0v) is 9.57. The van der Waals surface area contributed by atoms with Gasteiger partial charge in [0.1, 0.15) is 0 Å². The molecule has 0 aromatic heterocycles. The molecule has 0 radical (unpaired) electrons. The van der Waals surface area contributed by atoms with Crippen molar-refractivity contribution in [3.8, 4) is 0 Å². The van der Waals surface area contributed by atoms with Gasteiger partial charge in [0, 0.05) is 13.7 Å². The summed E-state index contributed by atoms with van der Waals surface area (Å²) in [6.45, 7) is 2.83. The van der Waals surface area contributed by atoms with Crippen molar-refractivity contribution in [1.29, 1.82) is 0 Å². The zero-order chi connectivity index (χ0) is 11.1. The molecule has 15 heavy (non-hydrogen) atoms. The smallest absolute Gasteiger partial charge is 0.0793 e. The van der Waals surface area contributed by atoms with E-state index in [1.807, 2.05) is 18.2 Å². The van der Waals surface area contributed by atoms with Crippen LogP contribution in [0, 0.1) is 0 Å². The Morgan fingerprint density at radius 3 is 2.73 bits per heavy atom. The van der Waals surface area contributed by atoms with Crippen LogP contribution in [0.3, 0.4) is 0 Å².